The van der Waals surface area contributed by atoms with Crippen molar-refractivity contribution < 1.29 is 9.59 Å². The van der Waals surface area contributed by atoms with Crippen molar-refractivity contribution in [3.63, 3.8) is 0 Å². The number of rotatable bonds is 9. The third-order valence-electron chi connectivity index (χ3n) is 8.13. The van der Waals surface area contributed by atoms with Crippen molar-refractivity contribution in [3.8, 4) is 0 Å². The summed E-state index contributed by atoms with van der Waals surface area (Å²) in [5.74, 6) is 0.396. The molecule has 2 aliphatic rings. The van der Waals surface area contributed by atoms with Crippen LogP contribution in [0, 0.1) is 0 Å². The first kappa shape index (κ1) is 27.4. The van der Waals surface area contributed by atoms with E-state index in [2.05, 4.69) is 33.7 Å². The third kappa shape index (κ3) is 7.49. The minimum atomic E-state index is -0.216. The Balaban J connectivity index is 0.976. The van der Waals surface area contributed by atoms with Crippen LogP contribution in [0.3, 0.4) is 0 Å². The molecule has 6 heteroatoms. The maximum atomic E-state index is 12.5. The Morgan fingerprint density at radius 2 is 1.46 bits per heavy atom. The van der Waals surface area contributed by atoms with Crippen LogP contribution in [-0.2, 0) is 12.8 Å². The standard InChI is InChI=1S/C33H38ClN3O2/c34-30-13-9-27(10-14-30)33(39)36-31-15-11-26(12-16-31)32(38)35-19-3-4-20-37-21-17-25(18-22-37)29-8-7-24-5-1-2-6-28(24)23-29/h7-16,23,25H,1-6,17-22H2,(H,35,38)(H,36,39). The number of aryl methyl sites for hydroxylation is 2. The molecule has 3 aromatic rings. The van der Waals surface area contributed by atoms with E-state index in [1.165, 1.54) is 38.5 Å². The number of carbonyl (C=O) groups is 2. The van der Waals surface area contributed by atoms with Crippen LogP contribution in [0.15, 0.2) is 66.7 Å². The molecule has 1 saturated heterocycles. The second-order valence-electron chi connectivity index (χ2n) is 10.9. The molecule has 3 aromatic carbocycles. The Bertz CT molecular complexity index is 1270. The van der Waals surface area contributed by atoms with Crippen LogP contribution in [0.4, 0.5) is 5.69 Å². The number of benzene rings is 3. The fraction of sp³-hybridized carbons (Fsp3) is 0.394. The highest BCUT2D eigenvalue weighted by Crippen LogP contribution is 2.31. The molecule has 0 aromatic heterocycles. The molecule has 1 fully saturated rings. The number of carbonyl (C=O) groups excluding carboxylic acids is 2. The van der Waals surface area contributed by atoms with Crippen molar-refractivity contribution in [2.24, 2.45) is 0 Å². The summed E-state index contributed by atoms with van der Waals surface area (Å²) >= 11 is 5.88. The number of halogens is 1. The normalized spacial score (nSPS) is 15.9. The number of hydrogen-bond donors (Lipinski definition) is 2. The molecule has 1 heterocycles. The maximum absolute atomic E-state index is 12.5. The van der Waals surface area contributed by atoms with E-state index in [9.17, 15) is 9.59 Å². The topological polar surface area (TPSA) is 61.4 Å². The first-order valence-electron chi connectivity index (χ1n) is 14.3. The molecule has 1 aliphatic heterocycles. The summed E-state index contributed by atoms with van der Waals surface area (Å²) in [6.07, 6.45) is 9.73. The van der Waals surface area contributed by atoms with Crippen molar-refractivity contribution in [1.29, 1.82) is 0 Å². The highest BCUT2D eigenvalue weighted by Gasteiger charge is 2.21. The number of nitrogens with one attached hydrogen (secondary N) is 2. The molecule has 0 radical (unpaired) electrons. The predicted molar refractivity (Wildman–Crippen MR) is 159 cm³/mol. The summed E-state index contributed by atoms with van der Waals surface area (Å²) in [6, 6.07) is 21.0. The van der Waals surface area contributed by atoms with E-state index in [1.807, 2.05) is 0 Å². The molecule has 204 valence electrons. The van der Waals surface area contributed by atoms with Gasteiger partial charge in [-0.15, -0.1) is 0 Å². The molecule has 0 atom stereocenters. The van der Waals surface area contributed by atoms with Crippen LogP contribution in [0.2, 0.25) is 5.02 Å². The van der Waals surface area contributed by atoms with Gasteiger partial charge in [0.15, 0.2) is 0 Å². The first-order valence-corrected chi connectivity index (χ1v) is 14.7. The van der Waals surface area contributed by atoms with Crippen LogP contribution in [0.25, 0.3) is 0 Å². The lowest BCUT2D eigenvalue weighted by Gasteiger charge is -2.32. The number of anilines is 1. The van der Waals surface area contributed by atoms with E-state index < -0.39 is 0 Å². The van der Waals surface area contributed by atoms with Crippen molar-refractivity contribution in [2.75, 3.05) is 31.5 Å². The van der Waals surface area contributed by atoms with Gasteiger partial charge in [0.25, 0.3) is 11.8 Å². The number of likely N-dealkylation sites (tertiary alicyclic amines) is 1. The average molecular weight is 544 g/mol. The summed E-state index contributed by atoms with van der Waals surface area (Å²) in [5, 5.41) is 6.45. The molecule has 2 amide bonds. The molecule has 39 heavy (non-hydrogen) atoms. The fourth-order valence-corrected chi connectivity index (χ4v) is 5.90. The largest absolute Gasteiger partial charge is 0.352 e. The van der Waals surface area contributed by atoms with Gasteiger partial charge in [0.2, 0.25) is 0 Å². The van der Waals surface area contributed by atoms with Crippen molar-refractivity contribution in [3.05, 3.63) is 99.6 Å². The Morgan fingerprint density at radius 3 is 2.21 bits per heavy atom. The summed E-state index contributed by atoms with van der Waals surface area (Å²) in [7, 11) is 0. The average Bonchev–Trinajstić information content (AvgIpc) is 2.97. The molecule has 2 N–H and O–H groups in total. The number of amides is 2. The van der Waals surface area contributed by atoms with E-state index in [-0.39, 0.29) is 11.8 Å². The van der Waals surface area contributed by atoms with E-state index in [1.54, 1.807) is 65.2 Å². The van der Waals surface area contributed by atoms with Crippen LogP contribution in [0.5, 0.6) is 0 Å². The van der Waals surface area contributed by atoms with Gasteiger partial charge in [0.05, 0.1) is 0 Å². The Labute approximate surface area is 236 Å². The Kier molecular flexibility index (Phi) is 9.33. The van der Waals surface area contributed by atoms with Crippen LogP contribution < -0.4 is 10.6 Å². The van der Waals surface area contributed by atoms with Gasteiger partial charge < -0.3 is 15.5 Å². The van der Waals surface area contributed by atoms with Crippen LogP contribution in [-0.4, -0.2) is 42.9 Å². The number of hydrogen-bond acceptors (Lipinski definition) is 3. The molecule has 0 spiro atoms. The van der Waals surface area contributed by atoms with E-state index >= 15 is 0 Å². The second kappa shape index (κ2) is 13.3. The van der Waals surface area contributed by atoms with Gasteiger partial charge in [-0.1, -0.05) is 29.8 Å². The fourth-order valence-electron chi connectivity index (χ4n) is 5.77. The number of piperidine rings is 1. The monoisotopic (exact) mass is 543 g/mol. The maximum Gasteiger partial charge on any atom is 0.255 e. The number of fused-ring (bicyclic) bond motifs is 1. The summed E-state index contributed by atoms with van der Waals surface area (Å²) in [6.45, 7) is 4.08. The van der Waals surface area contributed by atoms with Crippen LogP contribution in [0.1, 0.15) is 81.8 Å². The molecule has 0 saturated carbocycles. The van der Waals surface area contributed by atoms with Crippen molar-refractivity contribution in [2.45, 2.75) is 57.3 Å². The lowest BCUT2D eigenvalue weighted by Crippen LogP contribution is -2.34. The molecular formula is C33H38ClN3O2. The highest BCUT2D eigenvalue weighted by atomic mass is 35.5. The SMILES string of the molecule is O=C(NCCCCN1CCC(c2ccc3c(c2)CCCC3)CC1)c1ccc(NC(=O)c2ccc(Cl)cc2)cc1. The van der Waals surface area contributed by atoms with E-state index in [0.29, 0.717) is 34.3 Å². The zero-order valence-corrected chi connectivity index (χ0v) is 23.3. The zero-order chi connectivity index (χ0) is 27.0. The third-order valence-corrected chi connectivity index (χ3v) is 8.38. The van der Waals surface area contributed by atoms with Gasteiger partial charge in [-0.2, -0.15) is 0 Å². The van der Waals surface area contributed by atoms with Gasteiger partial charge in [0.1, 0.15) is 0 Å². The van der Waals surface area contributed by atoms with Gasteiger partial charge in [-0.05, 0) is 142 Å². The summed E-state index contributed by atoms with van der Waals surface area (Å²) in [4.78, 5) is 27.5. The highest BCUT2D eigenvalue weighted by molar-refractivity contribution is 6.30. The van der Waals surface area contributed by atoms with Gasteiger partial charge >= 0.3 is 0 Å². The number of nitrogens with zero attached hydrogens (tertiary/aromatic N) is 1. The molecule has 5 rings (SSSR count). The van der Waals surface area contributed by atoms with Gasteiger partial charge in [-0.3, -0.25) is 9.59 Å². The predicted octanol–water partition coefficient (Wildman–Crippen LogP) is 6.86. The first-order chi connectivity index (χ1) is 19.0. The quantitative estimate of drug-likeness (QED) is 0.290. The van der Waals surface area contributed by atoms with Crippen molar-refractivity contribution in [1.82, 2.24) is 10.2 Å². The molecule has 1 aliphatic carbocycles. The Hall–Kier alpha value is -3.15. The molecule has 0 bridgehead atoms. The van der Waals surface area contributed by atoms with E-state index in [4.69, 9.17) is 11.6 Å². The lowest BCUT2D eigenvalue weighted by molar-refractivity contribution is 0.0951. The summed E-state index contributed by atoms with van der Waals surface area (Å²) in [5.41, 5.74) is 6.48. The van der Waals surface area contributed by atoms with Crippen molar-refractivity contribution >= 4 is 29.1 Å². The smallest absolute Gasteiger partial charge is 0.255 e. The minimum absolute atomic E-state index is 0.0866. The Morgan fingerprint density at radius 1 is 0.795 bits per heavy atom. The molecule has 0 unspecified atom stereocenters. The van der Waals surface area contributed by atoms with Gasteiger partial charge in [-0.25, -0.2) is 0 Å². The number of unbranched alkanes of at least 4 members (excludes halogenated alkanes) is 1. The zero-order valence-electron chi connectivity index (χ0n) is 22.6. The van der Waals surface area contributed by atoms with Crippen LogP contribution >= 0.6 is 11.6 Å². The molecular weight excluding hydrogens is 506 g/mol. The minimum Gasteiger partial charge on any atom is -0.352 e. The molecule has 5 nitrogen and oxygen atoms in total. The summed E-state index contributed by atoms with van der Waals surface area (Å²) < 4.78 is 0. The lowest BCUT2D eigenvalue weighted by atomic mass is 9.84. The second-order valence-corrected chi connectivity index (χ2v) is 11.3. The van der Waals surface area contributed by atoms with Gasteiger partial charge in [0, 0.05) is 28.4 Å². The van der Waals surface area contributed by atoms with E-state index in [0.717, 1.165) is 32.5 Å².